The predicted octanol–water partition coefficient (Wildman–Crippen LogP) is 0.633. The van der Waals surface area contributed by atoms with E-state index >= 15 is 0 Å². The molecular weight excluding hydrogens is 232 g/mol. The molecule has 1 aromatic rings. The molecule has 1 amide bonds. The monoisotopic (exact) mass is 248 g/mol. The number of anilines is 1. The van der Waals surface area contributed by atoms with Gasteiger partial charge in [-0.2, -0.15) is 0 Å². The molecule has 3 rings (SSSR count). The normalized spacial score (nSPS) is 22.2. The van der Waals surface area contributed by atoms with Gasteiger partial charge in [0.1, 0.15) is 5.75 Å². The van der Waals surface area contributed by atoms with Gasteiger partial charge in [0.15, 0.2) is 6.61 Å². The number of carbonyl (C=O) groups is 1. The van der Waals surface area contributed by atoms with Gasteiger partial charge in [-0.1, -0.05) is 6.07 Å². The maximum Gasteiger partial charge on any atom is 0.262 e. The van der Waals surface area contributed by atoms with Crippen LogP contribution in [0.5, 0.6) is 5.75 Å². The lowest BCUT2D eigenvalue weighted by molar-refractivity contribution is -0.118. The van der Waals surface area contributed by atoms with E-state index in [2.05, 4.69) is 5.32 Å². The molecule has 5 heteroatoms. The number of rotatable bonds is 2. The van der Waals surface area contributed by atoms with Crippen molar-refractivity contribution in [3.05, 3.63) is 23.8 Å². The van der Waals surface area contributed by atoms with Crippen LogP contribution in [0.2, 0.25) is 0 Å². The van der Waals surface area contributed by atoms with Crippen LogP contribution in [0.3, 0.4) is 0 Å². The third-order valence-electron chi connectivity index (χ3n) is 3.78. The first-order chi connectivity index (χ1) is 8.62. The molecule has 18 heavy (non-hydrogen) atoms. The van der Waals surface area contributed by atoms with Gasteiger partial charge in [0.25, 0.3) is 5.91 Å². The second kappa shape index (κ2) is 3.96. The highest BCUT2D eigenvalue weighted by molar-refractivity contribution is 5.95. The van der Waals surface area contributed by atoms with Crippen molar-refractivity contribution >= 4 is 11.6 Å². The molecule has 2 aliphatic rings. The van der Waals surface area contributed by atoms with Crippen LogP contribution in [0.4, 0.5) is 5.69 Å². The number of nitrogens with two attached hydrogens (primary N) is 1. The molecule has 1 unspecified atom stereocenters. The fourth-order valence-electron chi connectivity index (χ4n) is 2.41. The van der Waals surface area contributed by atoms with E-state index < -0.39 is 0 Å². The molecule has 0 radical (unpaired) electrons. The molecule has 2 heterocycles. The molecule has 0 bridgehead atoms. The van der Waals surface area contributed by atoms with E-state index in [1.165, 1.54) is 0 Å². The number of fused-ring (bicyclic) bond motifs is 1. The third-order valence-corrected chi connectivity index (χ3v) is 3.78. The van der Waals surface area contributed by atoms with Crippen molar-refractivity contribution in [2.75, 3.05) is 25.1 Å². The average molecular weight is 248 g/mol. The van der Waals surface area contributed by atoms with E-state index in [9.17, 15) is 4.79 Å². The second-order valence-electron chi connectivity index (χ2n) is 4.99. The number of hydrogen-bond donors (Lipinski definition) is 2. The van der Waals surface area contributed by atoms with E-state index in [-0.39, 0.29) is 24.0 Å². The van der Waals surface area contributed by atoms with Crippen LogP contribution >= 0.6 is 0 Å². The van der Waals surface area contributed by atoms with Gasteiger partial charge in [-0.15, -0.1) is 0 Å². The second-order valence-corrected chi connectivity index (χ2v) is 4.99. The molecule has 0 spiro atoms. The molecule has 0 saturated carbocycles. The summed E-state index contributed by atoms with van der Waals surface area (Å²) in [7, 11) is 0. The zero-order valence-electron chi connectivity index (χ0n) is 10.2. The standard InChI is InChI=1S/C13H16N2O3/c1-8(14)13(6-17-7-13)9-2-3-11-10(4-9)15-12(16)5-18-11/h2-4,8H,5-7,14H2,1H3,(H,15,16). The summed E-state index contributed by atoms with van der Waals surface area (Å²) in [4.78, 5) is 11.3. The van der Waals surface area contributed by atoms with Gasteiger partial charge in [0.2, 0.25) is 0 Å². The molecule has 1 saturated heterocycles. The molecule has 5 nitrogen and oxygen atoms in total. The van der Waals surface area contributed by atoms with Gasteiger partial charge in [-0.05, 0) is 24.6 Å². The van der Waals surface area contributed by atoms with Gasteiger partial charge >= 0.3 is 0 Å². The van der Waals surface area contributed by atoms with Crippen LogP contribution in [0.25, 0.3) is 0 Å². The number of carbonyl (C=O) groups excluding carboxylic acids is 1. The minimum Gasteiger partial charge on any atom is -0.482 e. The van der Waals surface area contributed by atoms with Crippen molar-refractivity contribution in [1.29, 1.82) is 0 Å². The number of benzene rings is 1. The van der Waals surface area contributed by atoms with Crippen molar-refractivity contribution in [3.63, 3.8) is 0 Å². The van der Waals surface area contributed by atoms with Crippen LogP contribution < -0.4 is 15.8 Å². The Bertz CT molecular complexity index is 495. The number of hydrogen-bond acceptors (Lipinski definition) is 4. The SMILES string of the molecule is CC(N)C1(c2ccc3c(c2)NC(=O)CO3)COC1. The van der Waals surface area contributed by atoms with Crippen LogP contribution in [0.1, 0.15) is 12.5 Å². The fourth-order valence-corrected chi connectivity index (χ4v) is 2.41. The minimum atomic E-state index is -0.142. The average Bonchev–Trinajstić information content (AvgIpc) is 2.26. The smallest absolute Gasteiger partial charge is 0.262 e. The van der Waals surface area contributed by atoms with E-state index in [1.807, 2.05) is 25.1 Å². The summed E-state index contributed by atoms with van der Waals surface area (Å²) in [5.74, 6) is 0.581. The zero-order chi connectivity index (χ0) is 12.8. The van der Waals surface area contributed by atoms with Crippen molar-refractivity contribution in [1.82, 2.24) is 0 Å². The Hall–Kier alpha value is -1.59. The fraction of sp³-hybridized carbons (Fsp3) is 0.462. The Labute approximate surface area is 105 Å². The third kappa shape index (κ3) is 1.59. The summed E-state index contributed by atoms with van der Waals surface area (Å²) >= 11 is 0. The van der Waals surface area contributed by atoms with Crippen molar-refractivity contribution < 1.29 is 14.3 Å². The Morgan fingerprint density at radius 2 is 2.22 bits per heavy atom. The first-order valence-corrected chi connectivity index (χ1v) is 6.02. The van der Waals surface area contributed by atoms with E-state index in [0.717, 1.165) is 11.3 Å². The van der Waals surface area contributed by atoms with Crippen molar-refractivity contribution in [3.8, 4) is 5.75 Å². The van der Waals surface area contributed by atoms with Crippen LogP contribution in [-0.4, -0.2) is 31.8 Å². The molecule has 1 atom stereocenters. The van der Waals surface area contributed by atoms with Gasteiger partial charge in [0, 0.05) is 6.04 Å². The highest BCUT2D eigenvalue weighted by Gasteiger charge is 2.44. The lowest BCUT2D eigenvalue weighted by atomic mass is 9.73. The Balaban J connectivity index is 1.99. The van der Waals surface area contributed by atoms with E-state index in [4.69, 9.17) is 15.2 Å². The quantitative estimate of drug-likeness (QED) is 0.805. The summed E-state index contributed by atoms with van der Waals surface area (Å²) in [6.07, 6.45) is 0. The molecule has 0 aliphatic carbocycles. The summed E-state index contributed by atoms with van der Waals surface area (Å²) in [6.45, 7) is 3.31. The largest absolute Gasteiger partial charge is 0.482 e. The molecule has 0 aromatic heterocycles. The Kier molecular flexibility index (Phi) is 2.53. The maximum atomic E-state index is 11.3. The van der Waals surface area contributed by atoms with Crippen LogP contribution in [-0.2, 0) is 14.9 Å². The van der Waals surface area contributed by atoms with E-state index in [0.29, 0.717) is 19.0 Å². The summed E-state index contributed by atoms with van der Waals surface area (Å²) in [6, 6.07) is 5.83. The first kappa shape index (κ1) is 11.5. The van der Waals surface area contributed by atoms with Gasteiger partial charge in [-0.3, -0.25) is 4.79 Å². The minimum absolute atomic E-state index is 0.00418. The Morgan fingerprint density at radius 3 is 2.83 bits per heavy atom. The summed E-state index contributed by atoms with van der Waals surface area (Å²) in [5.41, 5.74) is 7.74. The molecule has 3 N–H and O–H groups in total. The molecule has 1 aromatic carbocycles. The molecular formula is C13H16N2O3. The number of nitrogens with one attached hydrogen (secondary N) is 1. The topological polar surface area (TPSA) is 73.6 Å². The van der Waals surface area contributed by atoms with Crippen molar-refractivity contribution in [2.45, 2.75) is 18.4 Å². The molecule has 1 fully saturated rings. The summed E-state index contributed by atoms with van der Waals surface area (Å²) < 4.78 is 10.7. The van der Waals surface area contributed by atoms with Crippen LogP contribution in [0, 0.1) is 0 Å². The summed E-state index contributed by atoms with van der Waals surface area (Å²) in [5, 5.41) is 2.81. The zero-order valence-corrected chi connectivity index (χ0v) is 10.2. The first-order valence-electron chi connectivity index (χ1n) is 6.02. The number of ether oxygens (including phenoxy) is 2. The van der Waals surface area contributed by atoms with Gasteiger partial charge in [-0.25, -0.2) is 0 Å². The van der Waals surface area contributed by atoms with Gasteiger partial charge in [0.05, 0.1) is 24.3 Å². The molecule has 2 aliphatic heterocycles. The highest BCUT2D eigenvalue weighted by atomic mass is 16.5. The van der Waals surface area contributed by atoms with E-state index in [1.54, 1.807) is 0 Å². The van der Waals surface area contributed by atoms with Gasteiger partial charge < -0.3 is 20.5 Å². The molecule has 96 valence electrons. The Morgan fingerprint density at radius 1 is 1.44 bits per heavy atom. The lowest BCUT2D eigenvalue weighted by Crippen LogP contribution is -2.57. The van der Waals surface area contributed by atoms with Crippen LogP contribution in [0.15, 0.2) is 18.2 Å². The lowest BCUT2D eigenvalue weighted by Gasteiger charge is -2.45. The number of amides is 1. The predicted molar refractivity (Wildman–Crippen MR) is 66.7 cm³/mol. The maximum absolute atomic E-state index is 11.3. The van der Waals surface area contributed by atoms with Crippen molar-refractivity contribution in [2.24, 2.45) is 5.73 Å². The highest BCUT2D eigenvalue weighted by Crippen LogP contribution is 2.39.